The highest BCUT2D eigenvalue weighted by molar-refractivity contribution is 6.93. The van der Waals surface area contributed by atoms with Gasteiger partial charge in [0.15, 0.2) is 6.29 Å². The quantitative estimate of drug-likeness (QED) is 0.780. The first-order valence-electron chi connectivity index (χ1n) is 6.97. The molecule has 0 N–H and O–H groups in total. The van der Waals surface area contributed by atoms with Crippen LogP contribution >= 0.6 is 0 Å². The van der Waals surface area contributed by atoms with E-state index in [0.29, 0.717) is 0 Å². The molecule has 4 rings (SSSR count). The molecule has 2 aromatic carbocycles. The fourth-order valence-electron chi connectivity index (χ4n) is 2.93. The standard InChI is InChI=1S/C16H16O3Si/c1-3-7-13(8-4-1)20(14-9-5-2-6-10-14)18-15-11-12-17-16(15)19-20/h1-10,15-16H,11-12H2/t15-,16+/m0/s1. The lowest BCUT2D eigenvalue weighted by molar-refractivity contribution is -0.0414. The normalized spacial score (nSPS) is 27.4. The van der Waals surface area contributed by atoms with Gasteiger partial charge in [-0.1, -0.05) is 60.7 Å². The fraction of sp³-hybridized carbons (Fsp3) is 0.250. The maximum Gasteiger partial charge on any atom is 0.409 e. The summed E-state index contributed by atoms with van der Waals surface area (Å²) in [5.41, 5.74) is 0. The number of ether oxygens (including phenoxy) is 1. The van der Waals surface area contributed by atoms with Gasteiger partial charge in [0, 0.05) is 6.42 Å². The Morgan fingerprint density at radius 2 is 1.40 bits per heavy atom. The van der Waals surface area contributed by atoms with Crippen molar-refractivity contribution in [2.75, 3.05) is 6.61 Å². The molecule has 102 valence electrons. The lowest BCUT2D eigenvalue weighted by Crippen LogP contribution is -2.61. The van der Waals surface area contributed by atoms with E-state index in [2.05, 4.69) is 24.3 Å². The van der Waals surface area contributed by atoms with Crippen LogP contribution in [0.5, 0.6) is 0 Å². The average Bonchev–Trinajstić information content (AvgIpc) is 3.09. The van der Waals surface area contributed by atoms with Crippen molar-refractivity contribution in [3.05, 3.63) is 60.7 Å². The minimum absolute atomic E-state index is 0.0714. The molecule has 0 aromatic heterocycles. The van der Waals surface area contributed by atoms with Crippen molar-refractivity contribution in [3.63, 3.8) is 0 Å². The van der Waals surface area contributed by atoms with E-state index in [-0.39, 0.29) is 12.4 Å². The SMILES string of the molecule is c1ccc([Si]2(c3ccccc3)O[C@H]3OCC[C@@H]3O2)cc1. The molecule has 2 aliphatic heterocycles. The van der Waals surface area contributed by atoms with Crippen LogP contribution in [0.1, 0.15) is 6.42 Å². The Morgan fingerprint density at radius 1 is 0.800 bits per heavy atom. The van der Waals surface area contributed by atoms with E-state index >= 15 is 0 Å². The Labute approximate surface area is 119 Å². The van der Waals surface area contributed by atoms with Crippen molar-refractivity contribution in [2.45, 2.75) is 18.8 Å². The van der Waals surface area contributed by atoms with Crippen LogP contribution in [0.2, 0.25) is 0 Å². The van der Waals surface area contributed by atoms with Crippen molar-refractivity contribution in [3.8, 4) is 0 Å². The van der Waals surface area contributed by atoms with Crippen LogP contribution < -0.4 is 10.4 Å². The maximum atomic E-state index is 6.44. The van der Waals surface area contributed by atoms with Crippen LogP contribution in [-0.4, -0.2) is 27.6 Å². The van der Waals surface area contributed by atoms with Crippen LogP contribution in [0.15, 0.2) is 60.7 Å². The molecule has 0 spiro atoms. The summed E-state index contributed by atoms with van der Waals surface area (Å²) in [7, 11) is -2.61. The Hall–Kier alpha value is -1.46. The molecule has 20 heavy (non-hydrogen) atoms. The third-order valence-corrected chi connectivity index (χ3v) is 7.28. The van der Waals surface area contributed by atoms with E-state index in [0.717, 1.165) is 23.4 Å². The summed E-state index contributed by atoms with van der Waals surface area (Å²) in [4.78, 5) is 0. The maximum absolute atomic E-state index is 6.44. The highest BCUT2D eigenvalue weighted by Gasteiger charge is 2.56. The number of hydrogen-bond acceptors (Lipinski definition) is 3. The van der Waals surface area contributed by atoms with Crippen molar-refractivity contribution >= 4 is 18.9 Å². The summed E-state index contributed by atoms with van der Waals surface area (Å²) in [6.07, 6.45) is 0.781. The summed E-state index contributed by atoms with van der Waals surface area (Å²) in [6, 6.07) is 20.6. The van der Waals surface area contributed by atoms with Gasteiger partial charge >= 0.3 is 8.56 Å². The summed E-state index contributed by atoms with van der Waals surface area (Å²) in [6.45, 7) is 0.726. The highest BCUT2D eigenvalue weighted by Crippen LogP contribution is 2.31. The molecular formula is C16H16O3Si. The molecule has 2 aromatic rings. The Morgan fingerprint density at radius 3 is 1.95 bits per heavy atom. The van der Waals surface area contributed by atoms with Gasteiger partial charge in [0.1, 0.15) is 6.10 Å². The second-order valence-electron chi connectivity index (χ2n) is 5.15. The van der Waals surface area contributed by atoms with Crippen LogP contribution in [0, 0.1) is 0 Å². The fourth-order valence-corrected chi connectivity index (χ4v) is 6.32. The molecular weight excluding hydrogens is 268 g/mol. The highest BCUT2D eigenvalue weighted by atomic mass is 28.4. The van der Waals surface area contributed by atoms with E-state index in [1.54, 1.807) is 0 Å². The number of benzene rings is 2. The van der Waals surface area contributed by atoms with E-state index in [1.807, 2.05) is 36.4 Å². The smallest absolute Gasteiger partial charge is 0.379 e. The van der Waals surface area contributed by atoms with Gasteiger partial charge in [-0.05, 0) is 10.4 Å². The van der Waals surface area contributed by atoms with Crippen LogP contribution in [0.4, 0.5) is 0 Å². The predicted octanol–water partition coefficient (Wildman–Crippen LogP) is 1.40. The van der Waals surface area contributed by atoms with E-state index < -0.39 is 8.56 Å². The Bertz CT molecular complexity index is 534. The average molecular weight is 284 g/mol. The van der Waals surface area contributed by atoms with Crippen molar-refractivity contribution in [2.24, 2.45) is 0 Å². The Kier molecular flexibility index (Phi) is 2.96. The van der Waals surface area contributed by atoms with Crippen molar-refractivity contribution in [1.82, 2.24) is 0 Å². The van der Waals surface area contributed by atoms with Gasteiger partial charge in [0.2, 0.25) is 0 Å². The van der Waals surface area contributed by atoms with Gasteiger partial charge in [0.05, 0.1) is 6.61 Å². The lowest BCUT2D eigenvalue weighted by Gasteiger charge is -2.25. The van der Waals surface area contributed by atoms with Crippen molar-refractivity contribution < 1.29 is 13.6 Å². The second-order valence-corrected chi connectivity index (χ2v) is 8.01. The Balaban J connectivity index is 1.82. The van der Waals surface area contributed by atoms with Crippen LogP contribution in [-0.2, 0) is 13.6 Å². The molecule has 2 atom stereocenters. The summed E-state index contributed by atoms with van der Waals surface area (Å²) < 4.78 is 18.4. The zero-order valence-electron chi connectivity index (χ0n) is 11.1. The number of rotatable bonds is 2. The monoisotopic (exact) mass is 284 g/mol. The second kappa shape index (κ2) is 4.82. The topological polar surface area (TPSA) is 27.7 Å². The number of fused-ring (bicyclic) bond motifs is 1. The van der Waals surface area contributed by atoms with Crippen LogP contribution in [0.25, 0.3) is 0 Å². The molecule has 2 aliphatic rings. The van der Waals surface area contributed by atoms with Gasteiger partial charge in [-0.3, -0.25) is 0 Å². The summed E-state index contributed by atoms with van der Waals surface area (Å²) >= 11 is 0. The van der Waals surface area contributed by atoms with Gasteiger partial charge in [0.25, 0.3) is 0 Å². The van der Waals surface area contributed by atoms with E-state index in [1.165, 1.54) is 0 Å². The van der Waals surface area contributed by atoms with Gasteiger partial charge in [-0.25, -0.2) is 0 Å². The minimum atomic E-state index is -2.61. The first-order chi connectivity index (χ1) is 9.88. The molecule has 0 aliphatic carbocycles. The molecule has 3 nitrogen and oxygen atoms in total. The summed E-state index contributed by atoms with van der Waals surface area (Å²) in [5, 5.41) is 2.29. The molecule has 0 saturated carbocycles. The minimum Gasteiger partial charge on any atom is -0.379 e. The third-order valence-electron chi connectivity index (χ3n) is 3.90. The molecule has 2 saturated heterocycles. The first-order valence-corrected chi connectivity index (χ1v) is 8.78. The first kappa shape index (κ1) is 12.3. The van der Waals surface area contributed by atoms with Gasteiger partial charge < -0.3 is 13.6 Å². The molecule has 2 fully saturated rings. The summed E-state index contributed by atoms with van der Waals surface area (Å²) in [5.74, 6) is 0. The molecule has 0 bridgehead atoms. The largest absolute Gasteiger partial charge is 0.409 e. The predicted molar refractivity (Wildman–Crippen MR) is 78.2 cm³/mol. The zero-order chi connectivity index (χ0) is 13.4. The van der Waals surface area contributed by atoms with E-state index in [4.69, 9.17) is 13.6 Å². The van der Waals surface area contributed by atoms with Crippen LogP contribution in [0.3, 0.4) is 0 Å². The van der Waals surface area contributed by atoms with Gasteiger partial charge in [-0.2, -0.15) is 0 Å². The van der Waals surface area contributed by atoms with E-state index in [9.17, 15) is 0 Å². The number of hydrogen-bond donors (Lipinski definition) is 0. The van der Waals surface area contributed by atoms with Gasteiger partial charge in [-0.15, -0.1) is 0 Å². The molecule has 2 heterocycles. The molecule has 0 unspecified atom stereocenters. The molecule has 4 heteroatoms. The third kappa shape index (κ3) is 1.84. The van der Waals surface area contributed by atoms with Crippen molar-refractivity contribution in [1.29, 1.82) is 0 Å². The lowest BCUT2D eigenvalue weighted by atomic mass is 10.3. The molecule has 0 amide bonds. The molecule has 0 radical (unpaired) electrons. The zero-order valence-corrected chi connectivity index (χ0v) is 12.1.